The molecule has 0 spiro atoms. The van der Waals surface area contributed by atoms with E-state index in [0.717, 1.165) is 0 Å². The van der Waals surface area contributed by atoms with Crippen molar-refractivity contribution in [2.45, 2.75) is 18.9 Å². The summed E-state index contributed by atoms with van der Waals surface area (Å²) in [6.07, 6.45) is 1.16. The van der Waals surface area contributed by atoms with Crippen LogP contribution < -0.4 is 4.74 Å². The van der Waals surface area contributed by atoms with Crippen LogP contribution in [0.3, 0.4) is 0 Å². The van der Waals surface area contributed by atoms with E-state index in [9.17, 15) is 9.59 Å². The zero-order valence-corrected chi connectivity index (χ0v) is 12.0. The number of nitrogens with zero attached hydrogens (tertiary/aromatic N) is 1. The van der Waals surface area contributed by atoms with Crippen LogP contribution in [0.1, 0.15) is 12.8 Å². The Labute approximate surface area is 126 Å². The zero-order chi connectivity index (χ0) is 14.7. The maximum atomic E-state index is 12.0. The molecular weight excluding hydrogens is 305 g/mol. The van der Waals surface area contributed by atoms with Crippen molar-refractivity contribution in [3.8, 4) is 5.75 Å². The number of benzene rings is 1. The van der Waals surface area contributed by atoms with Gasteiger partial charge in [0.15, 0.2) is 6.61 Å². The van der Waals surface area contributed by atoms with Crippen LogP contribution in [0.5, 0.6) is 5.75 Å². The minimum atomic E-state index is -0.985. The number of amides is 1. The number of halogens is 2. The molecule has 1 aromatic carbocycles. The average molecular weight is 318 g/mol. The summed E-state index contributed by atoms with van der Waals surface area (Å²) in [5.74, 6) is -0.963. The number of hydrogen-bond acceptors (Lipinski definition) is 3. The van der Waals surface area contributed by atoms with Crippen molar-refractivity contribution in [3.63, 3.8) is 0 Å². The molecule has 1 fully saturated rings. The van der Waals surface area contributed by atoms with Gasteiger partial charge in [0.25, 0.3) is 5.91 Å². The Kier molecular flexibility index (Phi) is 4.73. The highest BCUT2D eigenvalue weighted by Gasteiger charge is 2.33. The van der Waals surface area contributed by atoms with Crippen LogP contribution in [0.15, 0.2) is 18.2 Å². The molecule has 1 N–H and O–H groups in total. The number of carboxylic acids is 1. The van der Waals surface area contributed by atoms with Gasteiger partial charge in [-0.1, -0.05) is 23.2 Å². The predicted molar refractivity (Wildman–Crippen MR) is 74.3 cm³/mol. The molecule has 5 nitrogen and oxygen atoms in total. The summed E-state index contributed by atoms with van der Waals surface area (Å²) in [5.41, 5.74) is 0. The Hall–Kier alpha value is -1.46. The van der Waals surface area contributed by atoms with E-state index in [2.05, 4.69) is 0 Å². The summed E-state index contributed by atoms with van der Waals surface area (Å²) in [6, 6.07) is 3.88. The fourth-order valence-corrected chi connectivity index (χ4v) is 2.67. The number of likely N-dealkylation sites (tertiary alicyclic amines) is 1. The third-order valence-corrected chi connectivity index (χ3v) is 3.49. The third-order valence-electron chi connectivity index (χ3n) is 3.06. The Bertz CT molecular complexity index is 515. The maximum absolute atomic E-state index is 12.0. The van der Waals surface area contributed by atoms with Crippen LogP contribution >= 0.6 is 23.2 Å². The van der Waals surface area contributed by atoms with Crippen molar-refractivity contribution in [1.29, 1.82) is 0 Å². The first-order valence-corrected chi connectivity index (χ1v) is 6.84. The highest BCUT2D eigenvalue weighted by molar-refractivity contribution is 6.34. The van der Waals surface area contributed by atoms with Crippen molar-refractivity contribution < 1.29 is 19.4 Å². The number of rotatable bonds is 4. The minimum Gasteiger partial charge on any atom is -0.484 e. The molecule has 0 saturated carbocycles. The summed E-state index contributed by atoms with van der Waals surface area (Å²) in [6.45, 7) is 0.204. The van der Waals surface area contributed by atoms with Gasteiger partial charge in [-0.3, -0.25) is 4.79 Å². The molecule has 1 atom stereocenters. The standard InChI is InChI=1S/C13H13Cl2NO4/c14-8-4-9(15)6-10(5-8)20-7-12(17)16-3-1-2-11(16)13(18)19/h4-6,11H,1-3,7H2,(H,18,19). The van der Waals surface area contributed by atoms with Gasteiger partial charge in [-0.15, -0.1) is 0 Å². The minimum absolute atomic E-state index is 0.236. The van der Waals surface area contributed by atoms with E-state index in [4.69, 9.17) is 33.0 Å². The molecule has 1 aliphatic heterocycles. The zero-order valence-electron chi connectivity index (χ0n) is 10.5. The van der Waals surface area contributed by atoms with Gasteiger partial charge >= 0.3 is 5.97 Å². The lowest BCUT2D eigenvalue weighted by Crippen LogP contribution is -2.42. The molecule has 0 aromatic heterocycles. The smallest absolute Gasteiger partial charge is 0.326 e. The number of carbonyl (C=O) groups excluding carboxylic acids is 1. The second-order valence-electron chi connectivity index (χ2n) is 4.48. The lowest BCUT2D eigenvalue weighted by Gasteiger charge is -2.21. The number of carboxylic acid groups (broad SMARTS) is 1. The molecular formula is C13H13Cl2NO4. The van der Waals surface area contributed by atoms with Gasteiger partial charge in [0.1, 0.15) is 11.8 Å². The molecule has 2 rings (SSSR count). The maximum Gasteiger partial charge on any atom is 0.326 e. The SMILES string of the molecule is O=C(O)C1CCCN1C(=O)COc1cc(Cl)cc(Cl)c1. The van der Waals surface area contributed by atoms with Gasteiger partial charge in [-0.2, -0.15) is 0 Å². The monoisotopic (exact) mass is 317 g/mol. The molecule has 1 heterocycles. The summed E-state index contributed by atoms with van der Waals surface area (Å²) in [7, 11) is 0. The molecule has 1 saturated heterocycles. The summed E-state index contributed by atoms with van der Waals surface area (Å²) >= 11 is 11.6. The Balaban J connectivity index is 1.96. The summed E-state index contributed by atoms with van der Waals surface area (Å²) in [5, 5.41) is 9.83. The first-order valence-electron chi connectivity index (χ1n) is 6.08. The Morgan fingerprint density at radius 3 is 2.55 bits per heavy atom. The van der Waals surface area contributed by atoms with Crippen molar-refractivity contribution >= 4 is 35.1 Å². The van der Waals surface area contributed by atoms with E-state index < -0.39 is 12.0 Å². The van der Waals surface area contributed by atoms with E-state index in [1.807, 2.05) is 0 Å². The van der Waals surface area contributed by atoms with E-state index in [1.165, 1.54) is 4.90 Å². The number of carbonyl (C=O) groups is 2. The lowest BCUT2D eigenvalue weighted by molar-refractivity contribution is -0.148. The van der Waals surface area contributed by atoms with Crippen LogP contribution in [-0.4, -0.2) is 41.1 Å². The fourth-order valence-electron chi connectivity index (χ4n) is 2.16. The third kappa shape index (κ3) is 3.55. The number of ether oxygens (including phenoxy) is 1. The molecule has 7 heteroatoms. The van der Waals surface area contributed by atoms with Gasteiger partial charge in [0.05, 0.1) is 0 Å². The van der Waals surface area contributed by atoms with Crippen molar-refractivity contribution in [2.75, 3.05) is 13.2 Å². The van der Waals surface area contributed by atoms with E-state index in [1.54, 1.807) is 18.2 Å². The molecule has 1 unspecified atom stereocenters. The molecule has 0 aliphatic carbocycles. The Morgan fingerprint density at radius 2 is 1.95 bits per heavy atom. The largest absolute Gasteiger partial charge is 0.484 e. The number of hydrogen-bond donors (Lipinski definition) is 1. The van der Waals surface area contributed by atoms with E-state index in [-0.39, 0.29) is 12.5 Å². The molecule has 0 radical (unpaired) electrons. The molecule has 20 heavy (non-hydrogen) atoms. The lowest BCUT2D eigenvalue weighted by atomic mass is 10.2. The highest BCUT2D eigenvalue weighted by Crippen LogP contribution is 2.24. The fraction of sp³-hybridized carbons (Fsp3) is 0.385. The second kappa shape index (κ2) is 6.33. The molecule has 1 amide bonds. The quantitative estimate of drug-likeness (QED) is 0.926. The highest BCUT2D eigenvalue weighted by atomic mass is 35.5. The molecule has 108 valence electrons. The van der Waals surface area contributed by atoms with Gasteiger partial charge in [-0.05, 0) is 31.0 Å². The van der Waals surface area contributed by atoms with Crippen LogP contribution in [0.2, 0.25) is 10.0 Å². The average Bonchev–Trinajstić information content (AvgIpc) is 2.84. The number of aliphatic carboxylic acids is 1. The first kappa shape index (κ1) is 14.9. The van der Waals surface area contributed by atoms with Crippen LogP contribution in [0.4, 0.5) is 0 Å². The van der Waals surface area contributed by atoms with Crippen LogP contribution in [0, 0.1) is 0 Å². The first-order chi connectivity index (χ1) is 9.47. The summed E-state index contributed by atoms with van der Waals surface area (Å²) < 4.78 is 5.32. The molecule has 1 aromatic rings. The topological polar surface area (TPSA) is 66.8 Å². The van der Waals surface area contributed by atoms with Crippen LogP contribution in [0.25, 0.3) is 0 Å². The van der Waals surface area contributed by atoms with Crippen molar-refractivity contribution in [3.05, 3.63) is 28.2 Å². The van der Waals surface area contributed by atoms with E-state index >= 15 is 0 Å². The molecule has 0 bridgehead atoms. The van der Waals surface area contributed by atoms with Crippen LogP contribution in [-0.2, 0) is 9.59 Å². The molecule has 1 aliphatic rings. The second-order valence-corrected chi connectivity index (χ2v) is 5.35. The van der Waals surface area contributed by atoms with Crippen molar-refractivity contribution in [1.82, 2.24) is 4.90 Å². The van der Waals surface area contributed by atoms with Crippen molar-refractivity contribution in [2.24, 2.45) is 0 Å². The van der Waals surface area contributed by atoms with Gasteiger partial charge < -0.3 is 14.7 Å². The van der Waals surface area contributed by atoms with Gasteiger partial charge in [0.2, 0.25) is 0 Å². The Morgan fingerprint density at radius 1 is 1.30 bits per heavy atom. The summed E-state index contributed by atoms with van der Waals surface area (Å²) in [4.78, 5) is 24.3. The normalized spacial score (nSPS) is 18.1. The van der Waals surface area contributed by atoms with Gasteiger partial charge in [0, 0.05) is 16.6 Å². The predicted octanol–water partition coefficient (Wildman–Crippen LogP) is 2.45. The van der Waals surface area contributed by atoms with Gasteiger partial charge in [-0.25, -0.2) is 4.79 Å². The van der Waals surface area contributed by atoms with E-state index in [0.29, 0.717) is 35.2 Å².